The highest BCUT2D eigenvalue weighted by Gasteiger charge is 2.08. The molecule has 4 aromatic rings. The lowest BCUT2D eigenvalue weighted by Gasteiger charge is -1.95. The molecule has 0 radical (unpaired) electrons. The topological polar surface area (TPSA) is 12.4 Å². The summed E-state index contributed by atoms with van der Waals surface area (Å²) in [6.45, 7) is 2.08. The van der Waals surface area contributed by atoms with Crippen LogP contribution in [-0.4, -0.2) is 6.21 Å². The average molecular weight is 358 g/mol. The summed E-state index contributed by atoms with van der Waals surface area (Å²) in [5.74, 6) is 6.63. The van der Waals surface area contributed by atoms with Crippen molar-refractivity contribution in [3.8, 4) is 11.8 Å². The third kappa shape index (κ3) is 3.56. The molecule has 1 nitrogen and oxygen atoms in total. The van der Waals surface area contributed by atoms with E-state index >= 15 is 0 Å². The maximum Gasteiger partial charge on any atom is 0.0630 e. The zero-order valence-corrected chi connectivity index (χ0v) is 15.3. The van der Waals surface area contributed by atoms with Gasteiger partial charge < -0.3 is 0 Å². The van der Waals surface area contributed by atoms with Gasteiger partial charge in [0.2, 0.25) is 0 Å². The van der Waals surface area contributed by atoms with Gasteiger partial charge in [-0.2, -0.15) is 11.3 Å². The summed E-state index contributed by atoms with van der Waals surface area (Å²) in [5, 5.41) is 5.32. The first kappa shape index (κ1) is 15.8. The molecule has 0 N–H and O–H groups in total. The van der Waals surface area contributed by atoms with Crippen LogP contribution in [0.25, 0.3) is 10.1 Å². The number of aryl methyl sites for hydroxylation is 1. The fraction of sp³-hybridized carbons (Fsp3) is 0.0455. The lowest BCUT2D eigenvalue weighted by atomic mass is 10.1. The Morgan fingerprint density at radius 1 is 0.960 bits per heavy atom. The Bertz CT molecular complexity index is 1090. The number of benzene rings is 2. The molecular formula is C22H15NS2. The van der Waals surface area contributed by atoms with Gasteiger partial charge in [-0.15, -0.1) is 11.3 Å². The molecule has 2 aromatic heterocycles. The number of thiophene rings is 2. The van der Waals surface area contributed by atoms with Crippen LogP contribution in [0.4, 0.5) is 5.69 Å². The van der Waals surface area contributed by atoms with Gasteiger partial charge in [-0.25, -0.2) is 0 Å². The normalized spacial score (nSPS) is 10.9. The molecule has 0 saturated carbocycles. The summed E-state index contributed by atoms with van der Waals surface area (Å²) in [7, 11) is 0. The summed E-state index contributed by atoms with van der Waals surface area (Å²) in [5.41, 5.74) is 4.31. The second-order valence-corrected chi connectivity index (χ2v) is 7.56. The second kappa shape index (κ2) is 7.06. The molecule has 2 heterocycles. The minimum Gasteiger partial charge on any atom is -0.255 e. The Morgan fingerprint density at radius 2 is 1.80 bits per heavy atom. The molecule has 0 aliphatic heterocycles. The van der Waals surface area contributed by atoms with Crippen LogP contribution in [0, 0.1) is 18.8 Å². The van der Waals surface area contributed by atoms with Gasteiger partial charge in [0.15, 0.2) is 0 Å². The van der Waals surface area contributed by atoms with Gasteiger partial charge in [0.25, 0.3) is 0 Å². The van der Waals surface area contributed by atoms with E-state index in [1.54, 1.807) is 22.7 Å². The van der Waals surface area contributed by atoms with Crippen molar-refractivity contribution in [3.63, 3.8) is 0 Å². The lowest BCUT2D eigenvalue weighted by Crippen LogP contribution is -1.81. The summed E-state index contributed by atoms with van der Waals surface area (Å²) in [4.78, 5) is 5.74. The molecule has 0 bridgehead atoms. The van der Waals surface area contributed by atoms with Crippen LogP contribution in [0.15, 0.2) is 70.3 Å². The van der Waals surface area contributed by atoms with Crippen LogP contribution in [-0.2, 0) is 0 Å². The number of hydrogen-bond donors (Lipinski definition) is 0. The molecule has 3 heteroatoms. The Hall–Kier alpha value is -2.67. The summed E-state index contributed by atoms with van der Waals surface area (Å²) >= 11 is 3.40. The van der Waals surface area contributed by atoms with Gasteiger partial charge in [0.05, 0.1) is 16.1 Å². The standard InChI is InChI=1S/C22H15NS2/c1-16-6-9-18(10-7-16)23-14-22-20(11-8-17-12-13-24-15-17)19-4-2-3-5-21(19)25-22/h2-7,9-10,12-15H,1H3. The first-order valence-corrected chi connectivity index (χ1v) is 9.72. The van der Waals surface area contributed by atoms with Gasteiger partial charge in [-0.05, 0) is 36.6 Å². The van der Waals surface area contributed by atoms with E-state index in [1.165, 1.54) is 15.6 Å². The first-order chi connectivity index (χ1) is 12.3. The van der Waals surface area contributed by atoms with E-state index < -0.39 is 0 Å². The van der Waals surface area contributed by atoms with Gasteiger partial charge in [0.1, 0.15) is 0 Å². The van der Waals surface area contributed by atoms with Crippen molar-refractivity contribution < 1.29 is 0 Å². The van der Waals surface area contributed by atoms with Crippen molar-refractivity contribution in [2.75, 3.05) is 0 Å². The van der Waals surface area contributed by atoms with Crippen LogP contribution >= 0.6 is 22.7 Å². The predicted molar refractivity (Wildman–Crippen MR) is 111 cm³/mol. The minimum absolute atomic E-state index is 0.958. The number of fused-ring (bicyclic) bond motifs is 1. The van der Waals surface area contributed by atoms with E-state index in [4.69, 9.17) is 0 Å². The van der Waals surface area contributed by atoms with E-state index in [0.29, 0.717) is 0 Å². The van der Waals surface area contributed by atoms with Crippen LogP contribution < -0.4 is 0 Å². The second-order valence-electron chi connectivity index (χ2n) is 5.69. The summed E-state index contributed by atoms with van der Waals surface area (Å²) in [6, 6.07) is 18.7. The zero-order chi connectivity index (χ0) is 17.1. The van der Waals surface area contributed by atoms with Gasteiger partial charge in [-0.1, -0.05) is 47.7 Å². The van der Waals surface area contributed by atoms with Crippen molar-refractivity contribution in [1.82, 2.24) is 0 Å². The van der Waals surface area contributed by atoms with Crippen LogP contribution in [0.3, 0.4) is 0 Å². The average Bonchev–Trinajstić information content (AvgIpc) is 3.27. The fourth-order valence-electron chi connectivity index (χ4n) is 2.52. The highest BCUT2D eigenvalue weighted by molar-refractivity contribution is 7.20. The van der Waals surface area contributed by atoms with E-state index in [-0.39, 0.29) is 0 Å². The van der Waals surface area contributed by atoms with Crippen molar-refractivity contribution >= 4 is 44.7 Å². The van der Waals surface area contributed by atoms with Crippen molar-refractivity contribution in [2.24, 2.45) is 4.99 Å². The van der Waals surface area contributed by atoms with E-state index in [0.717, 1.165) is 21.7 Å². The Morgan fingerprint density at radius 3 is 2.60 bits per heavy atom. The Kier molecular flexibility index (Phi) is 4.47. The third-order valence-electron chi connectivity index (χ3n) is 3.84. The summed E-state index contributed by atoms with van der Waals surface area (Å²) < 4.78 is 1.24. The monoisotopic (exact) mass is 357 g/mol. The van der Waals surface area contributed by atoms with Crippen LogP contribution in [0.2, 0.25) is 0 Å². The highest BCUT2D eigenvalue weighted by atomic mass is 32.1. The first-order valence-electron chi connectivity index (χ1n) is 7.96. The van der Waals surface area contributed by atoms with Crippen molar-refractivity contribution in [2.45, 2.75) is 6.92 Å². The molecule has 0 unspecified atom stereocenters. The number of aliphatic imine (C=N–C) groups is 1. The van der Waals surface area contributed by atoms with E-state index in [2.05, 4.69) is 70.9 Å². The molecule has 0 spiro atoms. The van der Waals surface area contributed by atoms with Gasteiger partial charge in [-0.3, -0.25) is 4.99 Å². The fourth-order valence-corrected chi connectivity index (χ4v) is 4.14. The number of hydrogen-bond acceptors (Lipinski definition) is 3. The van der Waals surface area contributed by atoms with Crippen molar-refractivity contribution in [1.29, 1.82) is 0 Å². The van der Waals surface area contributed by atoms with Gasteiger partial charge in [0, 0.05) is 27.2 Å². The molecule has 0 fully saturated rings. The van der Waals surface area contributed by atoms with Crippen LogP contribution in [0.1, 0.15) is 21.6 Å². The van der Waals surface area contributed by atoms with Gasteiger partial charge >= 0.3 is 0 Å². The van der Waals surface area contributed by atoms with E-state index in [9.17, 15) is 0 Å². The third-order valence-corrected chi connectivity index (χ3v) is 5.63. The minimum atomic E-state index is 0.958. The van der Waals surface area contributed by atoms with Crippen molar-refractivity contribution in [3.05, 3.63) is 86.9 Å². The zero-order valence-electron chi connectivity index (χ0n) is 13.7. The van der Waals surface area contributed by atoms with Crippen LogP contribution in [0.5, 0.6) is 0 Å². The molecule has 120 valence electrons. The maximum atomic E-state index is 4.64. The van der Waals surface area contributed by atoms with E-state index in [1.807, 2.05) is 24.4 Å². The molecule has 0 amide bonds. The molecule has 25 heavy (non-hydrogen) atoms. The maximum absolute atomic E-state index is 4.64. The summed E-state index contributed by atoms with van der Waals surface area (Å²) in [6.07, 6.45) is 1.94. The molecule has 2 aromatic carbocycles. The Balaban J connectivity index is 1.77. The number of nitrogens with zero attached hydrogens (tertiary/aromatic N) is 1. The molecular weight excluding hydrogens is 342 g/mol. The highest BCUT2D eigenvalue weighted by Crippen LogP contribution is 2.30. The smallest absolute Gasteiger partial charge is 0.0630 e. The predicted octanol–water partition coefficient (Wildman–Crippen LogP) is 6.42. The molecule has 0 saturated heterocycles. The Labute approximate surface area is 155 Å². The molecule has 0 aliphatic rings. The number of rotatable bonds is 2. The molecule has 0 atom stereocenters. The quantitative estimate of drug-likeness (QED) is 0.290. The SMILES string of the molecule is Cc1ccc(N=Cc2sc3ccccc3c2C#Cc2ccsc2)cc1. The largest absolute Gasteiger partial charge is 0.255 e. The molecule has 4 rings (SSSR count). The molecule has 0 aliphatic carbocycles. The lowest BCUT2D eigenvalue weighted by molar-refractivity contribution is 1.44.